The van der Waals surface area contributed by atoms with Gasteiger partial charge in [-0.15, -0.1) is 0 Å². The maximum atomic E-state index is 14.2. The van der Waals surface area contributed by atoms with Crippen LogP contribution in [0.1, 0.15) is 57.4 Å². The summed E-state index contributed by atoms with van der Waals surface area (Å²) >= 11 is 0. The van der Waals surface area contributed by atoms with Crippen molar-refractivity contribution in [3.05, 3.63) is 41.2 Å². The second-order valence-electron chi connectivity index (χ2n) is 5.79. The van der Waals surface area contributed by atoms with Gasteiger partial charge in [0, 0.05) is 0 Å². The molecule has 1 aromatic rings. The zero-order valence-electron chi connectivity index (χ0n) is 13.2. The van der Waals surface area contributed by atoms with Crippen LogP contribution in [0.2, 0.25) is 0 Å². The standard InChI is InChI=1S/C18H23F3O/c1-3-14(19)11-12-5-7-13(8-6-12)15-9-10-16(22-4-2)18(21)17(15)20/h9-13H,3-8H2,1-2H3. The Bertz CT molecular complexity index is 531. The van der Waals surface area contributed by atoms with E-state index in [1.807, 2.05) is 0 Å². The minimum Gasteiger partial charge on any atom is -0.491 e. The molecule has 0 atom stereocenters. The van der Waals surface area contributed by atoms with Crippen molar-refractivity contribution in [3.63, 3.8) is 0 Å². The average molecular weight is 312 g/mol. The fourth-order valence-corrected chi connectivity index (χ4v) is 3.10. The van der Waals surface area contributed by atoms with Crippen molar-refractivity contribution in [2.75, 3.05) is 6.61 Å². The predicted octanol–water partition coefficient (Wildman–Crippen LogP) is 5.90. The molecule has 0 aliphatic heterocycles. The Morgan fingerprint density at radius 3 is 2.41 bits per heavy atom. The number of hydrogen-bond donors (Lipinski definition) is 0. The lowest BCUT2D eigenvalue weighted by Crippen LogP contribution is -2.14. The highest BCUT2D eigenvalue weighted by atomic mass is 19.2. The molecule has 0 heterocycles. The molecule has 1 aliphatic carbocycles. The molecule has 2 rings (SSSR count). The molecule has 0 unspecified atom stereocenters. The number of rotatable bonds is 5. The minimum absolute atomic E-state index is 0.000450. The molecule has 122 valence electrons. The van der Waals surface area contributed by atoms with Gasteiger partial charge < -0.3 is 4.74 Å². The lowest BCUT2D eigenvalue weighted by atomic mass is 9.78. The van der Waals surface area contributed by atoms with Gasteiger partial charge in [-0.25, -0.2) is 8.78 Å². The summed E-state index contributed by atoms with van der Waals surface area (Å²) in [6.07, 6.45) is 5.23. The highest BCUT2D eigenvalue weighted by Gasteiger charge is 2.26. The van der Waals surface area contributed by atoms with Gasteiger partial charge >= 0.3 is 0 Å². The molecule has 0 bridgehead atoms. The van der Waals surface area contributed by atoms with E-state index in [1.165, 1.54) is 6.07 Å². The maximum Gasteiger partial charge on any atom is 0.200 e. The SMILES string of the molecule is CCOc1ccc(C2CCC(C=C(F)CC)CC2)c(F)c1F. The number of halogens is 3. The summed E-state index contributed by atoms with van der Waals surface area (Å²) in [7, 11) is 0. The van der Waals surface area contributed by atoms with Crippen LogP contribution in [-0.4, -0.2) is 6.61 Å². The first kappa shape index (κ1) is 16.9. The molecular weight excluding hydrogens is 289 g/mol. The molecule has 0 spiro atoms. The maximum absolute atomic E-state index is 14.2. The molecule has 0 saturated heterocycles. The van der Waals surface area contributed by atoms with Crippen LogP contribution in [-0.2, 0) is 0 Å². The molecule has 1 fully saturated rings. The summed E-state index contributed by atoms with van der Waals surface area (Å²) in [5, 5.41) is 0. The van der Waals surface area contributed by atoms with E-state index < -0.39 is 11.6 Å². The molecule has 0 amide bonds. The van der Waals surface area contributed by atoms with Gasteiger partial charge in [0.05, 0.1) is 12.4 Å². The number of ether oxygens (including phenoxy) is 1. The monoisotopic (exact) mass is 312 g/mol. The lowest BCUT2D eigenvalue weighted by molar-refractivity contribution is 0.309. The molecule has 0 N–H and O–H groups in total. The topological polar surface area (TPSA) is 9.23 Å². The van der Waals surface area contributed by atoms with Crippen LogP contribution in [0.25, 0.3) is 0 Å². The van der Waals surface area contributed by atoms with Gasteiger partial charge in [-0.3, -0.25) is 0 Å². The molecule has 0 radical (unpaired) electrons. The first-order valence-corrected chi connectivity index (χ1v) is 8.03. The van der Waals surface area contributed by atoms with Gasteiger partial charge in [-0.1, -0.05) is 13.0 Å². The van der Waals surface area contributed by atoms with Crippen molar-refractivity contribution in [1.29, 1.82) is 0 Å². The van der Waals surface area contributed by atoms with Crippen LogP contribution in [0.4, 0.5) is 13.2 Å². The van der Waals surface area contributed by atoms with Gasteiger partial charge in [-0.2, -0.15) is 4.39 Å². The summed E-state index contributed by atoms with van der Waals surface area (Å²) in [6.45, 7) is 3.82. The van der Waals surface area contributed by atoms with Crippen molar-refractivity contribution >= 4 is 0 Å². The van der Waals surface area contributed by atoms with E-state index in [2.05, 4.69) is 0 Å². The highest BCUT2D eigenvalue weighted by molar-refractivity contribution is 5.33. The number of allylic oxidation sites excluding steroid dienone is 2. The van der Waals surface area contributed by atoms with E-state index >= 15 is 0 Å². The van der Waals surface area contributed by atoms with Gasteiger partial charge in [0.15, 0.2) is 11.6 Å². The van der Waals surface area contributed by atoms with Gasteiger partial charge in [0.1, 0.15) is 0 Å². The second kappa shape index (κ2) is 7.70. The Morgan fingerprint density at radius 1 is 1.14 bits per heavy atom. The average Bonchev–Trinajstić information content (AvgIpc) is 2.53. The first-order valence-electron chi connectivity index (χ1n) is 8.03. The first-order chi connectivity index (χ1) is 10.6. The van der Waals surface area contributed by atoms with Crippen LogP contribution in [0.3, 0.4) is 0 Å². The van der Waals surface area contributed by atoms with E-state index in [9.17, 15) is 13.2 Å². The normalized spacial score (nSPS) is 22.7. The third-order valence-electron chi connectivity index (χ3n) is 4.34. The summed E-state index contributed by atoms with van der Waals surface area (Å²) in [6, 6.07) is 3.12. The largest absolute Gasteiger partial charge is 0.491 e. The minimum atomic E-state index is -0.904. The van der Waals surface area contributed by atoms with Crippen molar-refractivity contribution < 1.29 is 17.9 Å². The molecule has 1 nitrogen and oxygen atoms in total. The van der Waals surface area contributed by atoms with E-state index in [0.29, 0.717) is 18.6 Å². The van der Waals surface area contributed by atoms with E-state index in [-0.39, 0.29) is 23.4 Å². The number of benzene rings is 1. The smallest absolute Gasteiger partial charge is 0.200 e. The van der Waals surface area contributed by atoms with E-state index in [1.54, 1.807) is 26.0 Å². The van der Waals surface area contributed by atoms with Gasteiger partial charge in [0.25, 0.3) is 0 Å². The van der Waals surface area contributed by atoms with Crippen LogP contribution < -0.4 is 4.74 Å². The quantitative estimate of drug-likeness (QED) is 0.657. The second-order valence-corrected chi connectivity index (χ2v) is 5.79. The summed E-state index contributed by atoms with van der Waals surface area (Å²) < 4.78 is 46.5. The van der Waals surface area contributed by atoms with Gasteiger partial charge in [-0.05, 0) is 68.6 Å². The van der Waals surface area contributed by atoms with Crippen molar-refractivity contribution in [2.45, 2.75) is 51.9 Å². The molecule has 1 aliphatic rings. The Labute approximate surface area is 130 Å². The van der Waals surface area contributed by atoms with Crippen LogP contribution in [0.5, 0.6) is 5.75 Å². The molecular formula is C18H23F3O. The zero-order valence-corrected chi connectivity index (χ0v) is 13.2. The third kappa shape index (κ3) is 3.84. The molecule has 1 saturated carbocycles. The third-order valence-corrected chi connectivity index (χ3v) is 4.34. The van der Waals surface area contributed by atoms with Crippen molar-refractivity contribution in [1.82, 2.24) is 0 Å². The summed E-state index contributed by atoms with van der Waals surface area (Å²) in [5.74, 6) is -1.61. The van der Waals surface area contributed by atoms with E-state index in [4.69, 9.17) is 4.74 Å². The zero-order chi connectivity index (χ0) is 16.1. The van der Waals surface area contributed by atoms with Crippen LogP contribution >= 0.6 is 0 Å². The van der Waals surface area contributed by atoms with E-state index in [0.717, 1.165) is 25.7 Å². The fraction of sp³-hybridized carbons (Fsp3) is 0.556. The molecule has 0 aromatic heterocycles. The Morgan fingerprint density at radius 2 is 1.82 bits per heavy atom. The summed E-state index contributed by atoms with van der Waals surface area (Å²) in [5.41, 5.74) is 0.416. The molecule has 1 aromatic carbocycles. The Kier molecular flexibility index (Phi) is 5.92. The van der Waals surface area contributed by atoms with Gasteiger partial charge in [0.2, 0.25) is 5.82 Å². The fourth-order valence-electron chi connectivity index (χ4n) is 3.10. The molecule has 4 heteroatoms. The Hall–Kier alpha value is -1.45. The summed E-state index contributed by atoms with van der Waals surface area (Å²) in [4.78, 5) is 0. The lowest BCUT2D eigenvalue weighted by Gasteiger charge is -2.27. The van der Waals surface area contributed by atoms with Crippen LogP contribution in [0.15, 0.2) is 24.0 Å². The Balaban J connectivity index is 2.07. The predicted molar refractivity (Wildman–Crippen MR) is 81.7 cm³/mol. The van der Waals surface area contributed by atoms with Crippen molar-refractivity contribution in [3.8, 4) is 5.75 Å². The molecule has 22 heavy (non-hydrogen) atoms. The van der Waals surface area contributed by atoms with Crippen molar-refractivity contribution in [2.24, 2.45) is 5.92 Å². The van der Waals surface area contributed by atoms with Crippen LogP contribution in [0, 0.1) is 17.6 Å². The highest BCUT2D eigenvalue weighted by Crippen LogP contribution is 2.39. The number of hydrogen-bond acceptors (Lipinski definition) is 1.